The number of carbonyl (C=O) groups is 1. The smallest absolute Gasteiger partial charge is 0.226 e. The first kappa shape index (κ1) is 15.4. The number of aromatic nitrogens is 3. The van der Waals surface area contributed by atoms with Crippen molar-refractivity contribution in [3.63, 3.8) is 0 Å². The zero-order valence-electron chi connectivity index (χ0n) is 13.7. The molecule has 0 radical (unpaired) electrons. The van der Waals surface area contributed by atoms with Crippen molar-refractivity contribution in [1.29, 1.82) is 0 Å². The van der Waals surface area contributed by atoms with E-state index in [1.54, 1.807) is 0 Å². The molecule has 0 fully saturated rings. The number of nitrogens with zero attached hydrogens (tertiary/aromatic N) is 2. The number of aryl methyl sites for hydroxylation is 1. The van der Waals surface area contributed by atoms with Crippen LogP contribution in [0.2, 0.25) is 0 Å². The van der Waals surface area contributed by atoms with Crippen LogP contribution in [0.15, 0.2) is 53.1 Å². The number of amides is 1. The van der Waals surface area contributed by atoms with Crippen molar-refractivity contribution < 1.29 is 9.32 Å². The molecule has 4 aromatic rings. The summed E-state index contributed by atoms with van der Waals surface area (Å²) >= 11 is 0. The van der Waals surface area contributed by atoms with E-state index in [2.05, 4.69) is 20.4 Å². The first-order chi connectivity index (χ1) is 12.3. The summed E-state index contributed by atoms with van der Waals surface area (Å²) in [6.07, 6.45) is 1.84. The van der Waals surface area contributed by atoms with Crippen molar-refractivity contribution in [2.45, 2.75) is 19.3 Å². The minimum absolute atomic E-state index is 0.0522. The second-order valence-corrected chi connectivity index (χ2v) is 5.96. The van der Waals surface area contributed by atoms with Crippen molar-refractivity contribution in [1.82, 2.24) is 20.4 Å². The van der Waals surface area contributed by atoms with Crippen molar-refractivity contribution >= 4 is 27.9 Å². The summed E-state index contributed by atoms with van der Waals surface area (Å²) in [5.74, 6) is 0.890. The fourth-order valence-electron chi connectivity index (χ4n) is 2.89. The van der Waals surface area contributed by atoms with E-state index in [1.807, 2.05) is 48.5 Å². The van der Waals surface area contributed by atoms with Gasteiger partial charge in [-0.2, -0.15) is 0 Å². The van der Waals surface area contributed by atoms with Crippen LogP contribution in [-0.2, 0) is 17.6 Å². The molecule has 0 bridgehead atoms. The van der Waals surface area contributed by atoms with Crippen molar-refractivity contribution in [2.75, 3.05) is 6.54 Å². The number of aromatic amines is 1. The Morgan fingerprint density at radius 2 is 1.96 bits per heavy atom. The molecule has 0 aliphatic heterocycles. The molecule has 4 rings (SSSR count). The average molecular weight is 334 g/mol. The van der Waals surface area contributed by atoms with Gasteiger partial charge in [0.1, 0.15) is 11.5 Å². The van der Waals surface area contributed by atoms with Gasteiger partial charge in [0, 0.05) is 18.4 Å². The van der Waals surface area contributed by atoms with E-state index in [4.69, 9.17) is 4.52 Å². The highest BCUT2D eigenvalue weighted by atomic mass is 16.5. The molecule has 0 atom stereocenters. The number of H-pyrrole nitrogens is 1. The van der Waals surface area contributed by atoms with Crippen LogP contribution in [0.3, 0.4) is 0 Å². The molecule has 0 saturated carbocycles. The highest BCUT2D eigenvalue weighted by Gasteiger charge is 2.11. The number of rotatable bonds is 6. The lowest BCUT2D eigenvalue weighted by atomic mass is 10.1. The summed E-state index contributed by atoms with van der Waals surface area (Å²) in [7, 11) is 0. The number of benzene rings is 2. The lowest BCUT2D eigenvalue weighted by Gasteiger charge is -2.03. The number of hydrogen-bond donors (Lipinski definition) is 2. The van der Waals surface area contributed by atoms with E-state index in [0.717, 1.165) is 35.1 Å². The van der Waals surface area contributed by atoms with Crippen LogP contribution < -0.4 is 5.32 Å². The Bertz CT molecular complexity index is 985. The number of hydrogen-bond acceptors (Lipinski definition) is 4. The average Bonchev–Trinajstić information content (AvgIpc) is 3.23. The first-order valence-corrected chi connectivity index (χ1v) is 8.33. The summed E-state index contributed by atoms with van der Waals surface area (Å²) in [5, 5.41) is 7.80. The van der Waals surface area contributed by atoms with Gasteiger partial charge in [-0.15, -0.1) is 0 Å². The Hall–Kier alpha value is -3.15. The molecule has 0 aliphatic rings. The SMILES string of the molecule is O=C(Cc1noc2ccccc12)NCCCc1nc2ccccc2[nH]1. The molecule has 2 aromatic heterocycles. The number of fused-ring (bicyclic) bond motifs is 2. The maximum absolute atomic E-state index is 12.1. The third kappa shape index (κ3) is 3.38. The van der Waals surface area contributed by atoms with Crippen LogP contribution >= 0.6 is 0 Å². The van der Waals surface area contributed by atoms with E-state index in [1.165, 1.54) is 0 Å². The minimum atomic E-state index is -0.0522. The molecule has 25 heavy (non-hydrogen) atoms. The van der Waals surface area contributed by atoms with Crippen LogP contribution in [-0.4, -0.2) is 27.6 Å². The Balaban J connectivity index is 1.27. The van der Waals surface area contributed by atoms with E-state index in [9.17, 15) is 4.79 Å². The maximum Gasteiger partial charge on any atom is 0.226 e. The first-order valence-electron chi connectivity index (χ1n) is 8.33. The molecule has 2 N–H and O–H groups in total. The Labute approximate surface area is 144 Å². The fourth-order valence-corrected chi connectivity index (χ4v) is 2.89. The van der Waals surface area contributed by atoms with Crippen LogP contribution in [0.5, 0.6) is 0 Å². The van der Waals surface area contributed by atoms with E-state index in [-0.39, 0.29) is 12.3 Å². The lowest BCUT2D eigenvalue weighted by molar-refractivity contribution is -0.120. The molecule has 2 heterocycles. The maximum atomic E-state index is 12.1. The van der Waals surface area contributed by atoms with Gasteiger partial charge < -0.3 is 14.8 Å². The zero-order chi connectivity index (χ0) is 17.1. The lowest BCUT2D eigenvalue weighted by Crippen LogP contribution is -2.26. The van der Waals surface area contributed by atoms with Crippen molar-refractivity contribution in [3.8, 4) is 0 Å². The Kier molecular flexibility index (Phi) is 4.16. The Morgan fingerprint density at radius 3 is 2.88 bits per heavy atom. The molecule has 0 unspecified atom stereocenters. The normalized spacial score (nSPS) is 11.2. The largest absolute Gasteiger partial charge is 0.356 e. The van der Waals surface area contributed by atoms with Gasteiger partial charge in [-0.3, -0.25) is 4.79 Å². The molecule has 0 aliphatic carbocycles. The predicted molar refractivity (Wildman–Crippen MR) is 95.1 cm³/mol. The van der Waals surface area contributed by atoms with E-state index < -0.39 is 0 Å². The second-order valence-electron chi connectivity index (χ2n) is 5.96. The molecule has 6 heteroatoms. The van der Waals surface area contributed by atoms with Crippen LogP contribution in [0, 0.1) is 0 Å². The van der Waals surface area contributed by atoms with Gasteiger partial charge >= 0.3 is 0 Å². The Morgan fingerprint density at radius 1 is 1.12 bits per heavy atom. The minimum Gasteiger partial charge on any atom is -0.356 e. The van der Waals surface area contributed by atoms with Gasteiger partial charge in [0.05, 0.1) is 17.5 Å². The van der Waals surface area contributed by atoms with Crippen LogP contribution in [0.4, 0.5) is 0 Å². The van der Waals surface area contributed by atoms with Gasteiger partial charge in [0.15, 0.2) is 5.58 Å². The predicted octanol–water partition coefficient (Wildman–Crippen LogP) is 3.00. The summed E-state index contributed by atoms with van der Waals surface area (Å²) in [6.45, 7) is 0.603. The molecule has 6 nitrogen and oxygen atoms in total. The topological polar surface area (TPSA) is 83.8 Å². The quantitative estimate of drug-likeness (QED) is 0.531. The number of imidazole rings is 1. The van der Waals surface area contributed by atoms with Crippen molar-refractivity contribution in [3.05, 3.63) is 60.0 Å². The summed E-state index contributed by atoms with van der Waals surface area (Å²) in [6, 6.07) is 15.5. The third-order valence-electron chi connectivity index (χ3n) is 4.13. The zero-order valence-corrected chi connectivity index (χ0v) is 13.7. The molecule has 126 valence electrons. The summed E-state index contributed by atoms with van der Waals surface area (Å²) < 4.78 is 5.22. The summed E-state index contributed by atoms with van der Waals surface area (Å²) in [5.41, 5.74) is 3.39. The monoisotopic (exact) mass is 334 g/mol. The number of nitrogens with one attached hydrogen (secondary N) is 2. The van der Waals surface area contributed by atoms with Crippen molar-refractivity contribution in [2.24, 2.45) is 0 Å². The van der Waals surface area contributed by atoms with Gasteiger partial charge in [-0.25, -0.2) is 4.98 Å². The fraction of sp³-hybridized carbons (Fsp3) is 0.211. The second kappa shape index (κ2) is 6.76. The van der Waals surface area contributed by atoms with E-state index >= 15 is 0 Å². The van der Waals surface area contributed by atoms with Gasteiger partial charge in [-0.1, -0.05) is 29.4 Å². The van der Waals surface area contributed by atoms with E-state index in [0.29, 0.717) is 17.8 Å². The molecule has 1 amide bonds. The molecule has 2 aromatic carbocycles. The molecular weight excluding hydrogens is 316 g/mol. The number of para-hydroxylation sites is 3. The third-order valence-corrected chi connectivity index (χ3v) is 4.13. The highest BCUT2D eigenvalue weighted by molar-refractivity contribution is 5.86. The van der Waals surface area contributed by atoms with Gasteiger partial charge in [-0.05, 0) is 30.7 Å². The molecular formula is C19H18N4O2. The summed E-state index contributed by atoms with van der Waals surface area (Å²) in [4.78, 5) is 19.9. The van der Waals surface area contributed by atoms with Crippen LogP contribution in [0.1, 0.15) is 17.9 Å². The van der Waals surface area contributed by atoms with Crippen LogP contribution in [0.25, 0.3) is 22.0 Å². The number of carbonyl (C=O) groups excluding carboxylic acids is 1. The molecule has 0 saturated heterocycles. The molecule has 0 spiro atoms. The van der Waals surface area contributed by atoms with Gasteiger partial charge in [0.2, 0.25) is 5.91 Å². The van der Waals surface area contributed by atoms with Gasteiger partial charge in [0.25, 0.3) is 0 Å². The standard InChI is InChI=1S/C19H18N4O2/c24-19(12-16-13-6-1-4-9-17(13)25-23-16)20-11-5-10-18-21-14-7-2-3-8-15(14)22-18/h1-4,6-9H,5,10-12H2,(H,20,24)(H,21,22). The highest BCUT2D eigenvalue weighted by Crippen LogP contribution is 2.18.